The first-order valence-corrected chi connectivity index (χ1v) is 8.12. The number of carbonyl (C=O) groups is 1. The molecule has 1 heterocycles. The summed E-state index contributed by atoms with van der Waals surface area (Å²) in [6.45, 7) is 0. The number of carboxylic acid groups (broad SMARTS) is 1. The van der Waals surface area contributed by atoms with Gasteiger partial charge in [0.25, 0.3) is 10.0 Å². The second-order valence-electron chi connectivity index (χ2n) is 3.92. The first-order chi connectivity index (χ1) is 9.79. The van der Waals surface area contributed by atoms with Crippen LogP contribution >= 0.6 is 27.5 Å². The van der Waals surface area contributed by atoms with Gasteiger partial charge in [-0.1, -0.05) is 11.6 Å². The van der Waals surface area contributed by atoms with E-state index in [1.807, 2.05) is 0 Å². The lowest BCUT2D eigenvalue weighted by atomic mass is 10.3. The van der Waals surface area contributed by atoms with E-state index in [9.17, 15) is 13.2 Å². The third kappa shape index (κ3) is 3.72. The molecule has 0 aliphatic heterocycles. The summed E-state index contributed by atoms with van der Waals surface area (Å²) in [5, 5.41) is 8.91. The number of nitrogens with one attached hydrogen (secondary N) is 1. The number of carboxylic acids is 1. The van der Waals surface area contributed by atoms with Crippen molar-refractivity contribution in [1.82, 2.24) is 4.98 Å². The second kappa shape index (κ2) is 6.00. The van der Waals surface area contributed by atoms with E-state index >= 15 is 0 Å². The third-order valence-electron chi connectivity index (χ3n) is 2.43. The van der Waals surface area contributed by atoms with E-state index in [4.69, 9.17) is 16.7 Å². The number of hydrogen-bond acceptors (Lipinski definition) is 4. The summed E-state index contributed by atoms with van der Waals surface area (Å²) in [5.41, 5.74) is 0.207. The summed E-state index contributed by atoms with van der Waals surface area (Å²) >= 11 is 9.01. The monoisotopic (exact) mass is 390 g/mol. The van der Waals surface area contributed by atoms with Gasteiger partial charge in [-0.05, 0) is 46.3 Å². The molecule has 2 rings (SSSR count). The van der Waals surface area contributed by atoms with E-state index in [1.165, 1.54) is 24.3 Å². The number of aromatic carboxylic acids is 1. The summed E-state index contributed by atoms with van der Waals surface area (Å²) in [5.74, 6) is -1.18. The van der Waals surface area contributed by atoms with Crippen molar-refractivity contribution in [2.45, 2.75) is 5.03 Å². The second-order valence-corrected chi connectivity index (χ2v) is 6.82. The van der Waals surface area contributed by atoms with Crippen molar-refractivity contribution in [2.24, 2.45) is 0 Å². The lowest BCUT2D eigenvalue weighted by molar-refractivity contribution is 0.0696. The molecule has 0 spiro atoms. The summed E-state index contributed by atoms with van der Waals surface area (Å²) in [6, 6.07) is 6.82. The van der Waals surface area contributed by atoms with E-state index in [1.54, 1.807) is 0 Å². The number of aromatic nitrogens is 1. The SMILES string of the molecule is O=C(O)c1ccc(S(=O)(=O)Nc2ccc(Cl)c(Br)c2)nc1. The van der Waals surface area contributed by atoms with Crippen LogP contribution < -0.4 is 4.72 Å². The summed E-state index contributed by atoms with van der Waals surface area (Å²) in [4.78, 5) is 14.3. The highest BCUT2D eigenvalue weighted by Crippen LogP contribution is 2.26. The van der Waals surface area contributed by atoms with Crippen LogP contribution in [0.3, 0.4) is 0 Å². The standard InChI is InChI=1S/C12H8BrClN2O4S/c13-9-5-8(2-3-10(9)14)16-21(19,20)11-4-1-7(6-15-11)12(17)18/h1-6,16H,(H,17,18). The van der Waals surface area contributed by atoms with E-state index in [0.29, 0.717) is 15.2 Å². The van der Waals surface area contributed by atoms with Crippen LogP contribution in [0.15, 0.2) is 46.0 Å². The van der Waals surface area contributed by atoms with Crippen molar-refractivity contribution in [2.75, 3.05) is 4.72 Å². The van der Waals surface area contributed by atoms with Gasteiger partial charge in [0, 0.05) is 10.7 Å². The Hall–Kier alpha value is -1.64. The fraction of sp³-hybridized carbons (Fsp3) is 0. The smallest absolute Gasteiger partial charge is 0.337 e. The Labute approximate surface area is 134 Å². The minimum atomic E-state index is -3.90. The number of hydrogen-bond donors (Lipinski definition) is 2. The van der Waals surface area contributed by atoms with Gasteiger partial charge in [0.2, 0.25) is 0 Å². The van der Waals surface area contributed by atoms with Crippen molar-refractivity contribution in [1.29, 1.82) is 0 Å². The van der Waals surface area contributed by atoms with E-state index < -0.39 is 16.0 Å². The fourth-order valence-electron chi connectivity index (χ4n) is 1.43. The molecule has 9 heteroatoms. The molecule has 0 aliphatic rings. The van der Waals surface area contributed by atoms with Crippen LogP contribution in [0.5, 0.6) is 0 Å². The Balaban J connectivity index is 2.29. The van der Waals surface area contributed by atoms with Gasteiger partial charge in [0.1, 0.15) is 0 Å². The normalized spacial score (nSPS) is 11.1. The van der Waals surface area contributed by atoms with Gasteiger partial charge in [-0.15, -0.1) is 0 Å². The number of benzene rings is 1. The van der Waals surface area contributed by atoms with Gasteiger partial charge < -0.3 is 5.11 Å². The van der Waals surface area contributed by atoms with E-state index in [-0.39, 0.29) is 10.6 Å². The molecule has 0 atom stereocenters. The van der Waals surface area contributed by atoms with Gasteiger partial charge in [-0.3, -0.25) is 4.72 Å². The molecule has 2 aromatic rings. The minimum absolute atomic E-state index is 0.0943. The number of nitrogens with zero attached hydrogens (tertiary/aromatic N) is 1. The molecule has 0 unspecified atom stereocenters. The number of pyridine rings is 1. The van der Waals surface area contributed by atoms with Crippen molar-refractivity contribution in [3.63, 3.8) is 0 Å². The minimum Gasteiger partial charge on any atom is -0.478 e. The molecule has 0 fully saturated rings. The van der Waals surface area contributed by atoms with Crippen LogP contribution in [0.25, 0.3) is 0 Å². The zero-order valence-corrected chi connectivity index (χ0v) is 13.4. The Bertz CT molecular complexity index is 793. The molecule has 0 aliphatic carbocycles. The Morgan fingerprint density at radius 2 is 2.00 bits per heavy atom. The molecule has 0 amide bonds. The highest BCUT2D eigenvalue weighted by molar-refractivity contribution is 9.10. The van der Waals surface area contributed by atoms with Gasteiger partial charge in [0.05, 0.1) is 16.3 Å². The van der Waals surface area contributed by atoms with Gasteiger partial charge in [-0.2, -0.15) is 8.42 Å². The molecule has 0 saturated carbocycles. The maximum atomic E-state index is 12.1. The van der Waals surface area contributed by atoms with Crippen molar-refractivity contribution in [3.8, 4) is 0 Å². The highest BCUT2D eigenvalue weighted by atomic mass is 79.9. The first-order valence-electron chi connectivity index (χ1n) is 5.47. The average Bonchev–Trinajstić information content (AvgIpc) is 2.43. The predicted molar refractivity (Wildman–Crippen MR) is 81.2 cm³/mol. The topological polar surface area (TPSA) is 96.4 Å². The quantitative estimate of drug-likeness (QED) is 0.835. The third-order valence-corrected chi connectivity index (χ3v) is 4.94. The van der Waals surface area contributed by atoms with Crippen molar-refractivity contribution in [3.05, 3.63) is 51.6 Å². The zero-order valence-electron chi connectivity index (χ0n) is 10.2. The highest BCUT2D eigenvalue weighted by Gasteiger charge is 2.17. The van der Waals surface area contributed by atoms with Gasteiger partial charge >= 0.3 is 5.97 Å². The molecule has 1 aromatic carbocycles. The molecule has 110 valence electrons. The lowest BCUT2D eigenvalue weighted by Crippen LogP contribution is -2.15. The summed E-state index contributed by atoms with van der Waals surface area (Å²) in [7, 11) is -3.90. The van der Waals surface area contributed by atoms with Gasteiger partial charge in [0.15, 0.2) is 5.03 Å². The number of sulfonamides is 1. The average molecular weight is 392 g/mol. The van der Waals surface area contributed by atoms with Crippen LogP contribution in [-0.2, 0) is 10.0 Å². The number of rotatable bonds is 4. The summed E-state index contributed by atoms with van der Waals surface area (Å²) in [6.07, 6.45) is 0.981. The van der Waals surface area contributed by atoms with Crippen molar-refractivity contribution >= 4 is 49.2 Å². The van der Waals surface area contributed by atoms with Crippen LogP contribution in [0.4, 0.5) is 5.69 Å². The first kappa shape index (κ1) is 15.7. The van der Waals surface area contributed by atoms with E-state index in [2.05, 4.69) is 25.6 Å². The molecule has 21 heavy (non-hydrogen) atoms. The van der Waals surface area contributed by atoms with Crippen LogP contribution in [0, 0.1) is 0 Å². The molecule has 0 bridgehead atoms. The van der Waals surface area contributed by atoms with Crippen molar-refractivity contribution < 1.29 is 18.3 Å². The largest absolute Gasteiger partial charge is 0.478 e. The molecule has 2 N–H and O–H groups in total. The van der Waals surface area contributed by atoms with Crippen LogP contribution in [0.1, 0.15) is 10.4 Å². The molecule has 0 radical (unpaired) electrons. The van der Waals surface area contributed by atoms with Crippen LogP contribution in [-0.4, -0.2) is 24.5 Å². The number of halogens is 2. The van der Waals surface area contributed by atoms with Crippen LogP contribution in [0.2, 0.25) is 5.02 Å². The zero-order chi connectivity index (χ0) is 15.6. The van der Waals surface area contributed by atoms with E-state index in [0.717, 1.165) is 12.3 Å². The maximum absolute atomic E-state index is 12.1. The molecule has 1 aromatic heterocycles. The Morgan fingerprint density at radius 3 is 2.52 bits per heavy atom. The van der Waals surface area contributed by atoms with Gasteiger partial charge in [-0.25, -0.2) is 9.78 Å². The number of anilines is 1. The maximum Gasteiger partial charge on any atom is 0.337 e. The molecular formula is C12H8BrClN2O4S. The predicted octanol–water partition coefficient (Wildman–Crippen LogP) is 3.00. The Morgan fingerprint density at radius 1 is 1.29 bits per heavy atom. The molecule has 6 nitrogen and oxygen atoms in total. The molecular weight excluding hydrogens is 384 g/mol. The lowest BCUT2D eigenvalue weighted by Gasteiger charge is -2.08. The molecule has 0 saturated heterocycles. The fourth-order valence-corrected chi connectivity index (χ4v) is 2.91. The summed E-state index contributed by atoms with van der Waals surface area (Å²) < 4.78 is 27.1. The Kier molecular flexibility index (Phi) is 4.50.